The van der Waals surface area contributed by atoms with Gasteiger partial charge in [0.05, 0.1) is 10.9 Å². The molecule has 6 rings (SSSR count). The van der Waals surface area contributed by atoms with Crippen LogP contribution in [-0.4, -0.2) is 32.8 Å². The maximum atomic E-state index is 12.3. The van der Waals surface area contributed by atoms with E-state index in [2.05, 4.69) is 16.1 Å². The van der Waals surface area contributed by atoms with E-state index in [-0.39, 0.29) is 11.3 Å². The van der Waals surface area contributed by atoms with Crippen molar-refractivity contribution in [2.24, 2.45) is 5.92 Å². The minimum atomic E-state index is 0.0955. The summed E-state index contributed by atoms with van der Waals surface area (Å²) in [5.41, 5.74) is 4.43. The molecule has 0 spiro atoms. The Bertz CT molecular complexity index is 1330. The highest BCUT2D eigenvalue weighted by Crippen LogP contribution is 2.38. The fraction of sp³-hybridized carbons (Fsp3) is 0.280. The van der Waals surface area contributed by atoms with Crippen LogP contribution in [0, 0.1) is 5.92 Å². The normalized spacial score (nSPS) is 20.6. The average Bonchev–Trinajstić information content (AvgIpc) is 3.21. The number of hydrogen-bond acceptors (Lipinski definition) is 5. The van der Waals surface area contributed by atoms with Crippen molar-refractivity contribution in [2.75, 3.05) is 13.1 Å². The van der Waals surface area contributed by atoms with Crippen LogP contribution >= 0.6 is 0 Å². The summed E-state index contributed by atoms with van der Waals surface area (Å²) in [6.45, 7) is 3.11. The molecule has 0 unspecified atom stereocenters. The van der Waals surface area contributed by atoms with E-state index in [4.69, 9.17) is 4.52 Å². The molecule has 0 aliphatic carbocycles. The number of likely N-dealkylation sites (tertiary alicyclic amines) is 1. The zero-order valence-electron chi connectivity index (χ0n) is 17.1. The largest absolute Gasteiger partial charge is 0.507 e. The Kier molecular flexibility index (Phi) is 4.21. The summed E-state index contributed by atoms with van der Waals surface area (Å²) in [6, 6.07) is 19.1. The molecule has 31 heavy (non-hydrogen) atoms. The molecule has 4 heterocycles. The highest BCUT2D eigenvalue weighted by Gasteiger charge is 2.35. The van der Waals surface area contributed by atoms with E-state index < -0.39 is 0 Å². The lowest BCUT2D eigenvalue weighted by Crippen LogP contribution is -2.46. The molecule has 1 N–H and O–H groups in total. The average molecular weight is 413 g/mol. The number of hydrogen-bond donors (Lipinski definition) is 1. The SMILES string of the molecule is O=c1cccc2n1C[C@@H]1C[C@H]2CN(Cc2c(O)ccc3c(-c4ccccc4)noc23)C1. The molecule has 1 saturated heterocycles. The Labute approximate surface area is 179 Å². The highest BCUT2D eigenvalue weighted by molar-refractivity contribution is 5.94. The van der Waals surface area contributed by atoms with E-state index in [1.807, 2.05) is 47.0 Å². The molecule has 6 nitrogen and oxygen atoms in total. The van der Waals surface area contributed by atoms with E-state index in [0.29, 0.717) is 24.0 Å². The summed E-state index contributed by atoms with van der Waals surface area (Å²) < 4.78 is 7.68. The van der Waals surface area contributed by atoms with Gasteiger partial charge in [-0.15, -0.1) is 0 Å². The van der Waals surface area contributed by atoms with Crippen molar-refractivity contribution in [3.05, 3.63) is 82.3 Å². The van der Waals surface area contributed by atoms with E-state index in [9.17, 15) is 9.90 Å². The molecule has 4 aromatic rings. The van der Waals surface area contributed by atoms with Crippen molar-refractivity contribution < 1.29 is 9.63 Å². The number of phenols is 1. The van der Waals surface area contributed by atoms with Crippen molar-refractivity contribution >= 4 is 11.0 Å². The third-order valence-corrected chi connectivity index (χ3v) is 6.70. The van der Waals surface area contributed by atoms with E-state index in [1.165, 1.54) is 0 Å². The van der Waals surface area contributed by atoms with Crippen molar-refractivity contribution in [3.8, 4) is 17.0 Å². The molecular formula is C25H23N3O3. The minimum Gasteiger partial charge on any atom is -0.507 e. The Hall–Kier alpha value is -3.38. The molecular weight excluding hydrogens is 390 g/mol. The number of aromatic hydroxyl groups is 1. The standard InChI is InChI=1S/C25H23N3O3/c29-22-10-9-19-24(17-5-2-1-3-6-17)26-31-25(19)20(22)15-27-12-16-11-18(14-27)21-7-4-8-23(30)28(21)13-16/h1-10,16,18,29H,11-15H2/t16-,18+/m1/s1. The number of fused-ring (bicyclic) bond motifs is 5. The lowest BCUT2D eigenvalue weighted by molar-refractivity contribution is 0.113. The lowest BCUT2D eigenvalue weighted by atomic mass is 9.83. The first kappa shape index (κ1) is 18.4. The van der Waals surface area contributed by atoms with Crippen molar-refractivity contribution in [2.45, 2.75) is 25.4 Å². The molecule has 2 atom stereocenters. The van der Waals surface area contributed by atoms with E-state index in [1.54, 1.807) is 12.1 Å². The van der Waals surface area contributed by atoms with Gasteiger partial charge in [-0.25, -0.2) is 0 Å². The predicted octanol–water partition coefficient (Wildman–Crippen LogP) is 3.98. The number of aromatic nitrogens is 2. The van der Waals surface area contributed by atoms with Crippen LogP contribution in [0.2, 0.25) is 0 Å². The number of phenolic OH excluding ortho intramolecular Hbond substituents is 1. The topological polar surface area (TPSA) is 71.5 Å². The first-order valence-corrected chi connectivity index (χ1v) is 10.7. The molecule has 2 aliphatic rings. The van der Waals surface area contributed by atoms with Crippen LogP contribution in [0.25, 0.3) is 22.2 Å². The van der Waals surface area contributed by atoms with Gasteiger partial charge in [-0.05, 0) is 30.5 Å². The summed E-state index contributed by atoms with van der Waals surface area (Å²) in [5.74, 6) is 0.996. The van der Waals surface area contributed by atoms with Gasteiger partial charge in [0, 0.05) is 49.4 Å². The van der Waals surface area contributed by atoms with Gasteiger partial charge in [-0.1, -0.05) is 41.6 Å². The zero-order chi connectivity index (χ0) is 20.9. The zero-order valence-corrected chi connectivity index (χ0v) is 17.1. The van der Waals surface area contributed by atoms with Gasteiger partial charge in [0.2, 0.25) is 0 Å². The van der Waals surface area contributed by atoms with Gasteiger partial charge in [-0.3, -0.25) is 9.69 Å². The third kappa shape index (κ3) is 3.06. The summed E-state index contributed by atoms with van der Waals surface area (Å²) in [6.07, 6.45) is 1.11. The van der Waals surface area contributed by atoms with Gasteiger partial charge in [0.1, 0.15) is 11.4 Å². The van der Waals surface area contributed by atoms with Crippen LogP contribution in [-0.2, 0) is 13.1 Å². The second-order valence-electron chi connectivity index (χ2n) is 8.73. The molecule has 0 radical (unpaired) electrons. The van der Waals surface area contributed by atoms with Crippen LogP contribution in [0.3, 0.4) is 0 Å². The van der Waals surface area contributed by atoms with Gasteiger partial charge in [0.25, 0.3) is 5.56 Å². The van der Waals surface area contributed by atoms with Crippen LogP contribution in [0.15, 0.2) is 70.0 Å². The van der Waals surface area contributed by atoms with Crippen LogP contribution in [0.4, 0.5) is 0 Å². The lowest BCUT2D eigenvalue weighted by Gasteiger charge is -2.42. The summed E-state index contributed by atoms with van der Waals surface area (Å²) in [4.78, 5) is 14.6. The molecule has 0 amide bonds. The van der Waals surface area contributed by atoms with Gasteiger partial charge < -0.3 is 14.2 Å². The molecule has 2 aliphatic heterocycles. The van der Waals surface area contributed by atoms with Gasteiger partial charge >= 0.3 is 0 Å². The maximum Gasteiger partial charge on any atom is 0.250 e. The monoisotopic (exact) mass is 413 g/mol. The fourth-order valence-electron chi connectivity index (χ4n) is 5.35. The first-order valence-electron chi connectivity index (χ1n) is 10.7. The smallest absolute Gasteiger partial charge is 0.250 e. The van der Waals surface area contributed by atoms with Crippen molar-refractivity contribution in [1.82, 2.24) is 14.6 Å². The van der Waals surface area contributed by atoms with Crippen molar-refractivity contribution in [1.29, 1.82) is 0 Å². The number of rotatable bonds is 3. The van der Waals surface area contributed by atoms with E-state index in [0.717, 1.165) is 54.0 Å². The molecule has 6 heteroatoms. The van der Waals surface area contributed by atoms with Crippen LogP contribution < -0.4 is 5.56 Å². The number of pyridine rings is 1. The number of piperidine rings is 1. The van der Waals surface area contributed by atoms with E-state index >= 15 is 0 Å². The Morgan fingerprint density at radius 2 is 1.87 bits per heavy atom. The molecule has 0 saturated carbocycles. The van der Waals surface area contributed by atoms with Gasteiger partial charge in [-0.2, -0.15) is 0 Å². The fourth-order valence-corrected chi connectivity index (χ4v) is 5.35. The number of benzene rings is 2. The second-order valence-corrected chi connectivity index (χ2v) is 8.73. The third-order valence-electron chi connectivity index (χ3n) is 6.70. The molecule has 1 fully saturated rings. The second kappa shape index (κ2) is 7.10. The Morgan fingerprint density at radius 1 is 1.00 bits per heavy atom. The molecule has 2 aromatic heterocycles. The summed E-state index contributed by atoms with van der Waals surface area (Å²) >= 11 is 0. The quantitative estimate of drug-likeness (QED) is 0.550. The Balaban J connectivity index is 1.34. The number of nitrogens with zero attached hydrogens (tertiary/aromatic N) is 3. The minimum absolute atomic E-state index is 0.0955. The molecule has 156 valence electrons. The summed E-state index contributed by atoms with van der Waals surface area (Å²) in [7, 11) is 0. The highest BCUT2D eigenvalue weighted by atomic mass is 16.5. The molecule has 2 aromatic carbocycles. The molecule has 2 bridgehead atoms. The van der Waals surface area contributed by atoms with Gasteiger partial charge in [0.15, 0.2) is 5.58 Å². The maximum absolute atomic E-state index is 12.3. The summed E-state index contributed by atoms with van der Waals surface area (Å²) in [5, 5.41) is 15.9. The first-order chi connectivity index (χ1) is 15.2. The van der Waals surface area contributed by atoms with Crippen LogP contribution in [0.1, 0.15) is 23.6 Å². The Morgan fingerprint density at radius 3 is 2.74 bits per heavy atom. The van der Waals surface area contributed by atoms with Crippen LogP contribution in [0.5, 0.6) is 5.75 Å². The van der Waals surface area contributed by atoms with Crippen molar-refractivity contribution in [3.63, 3.8) is 0 Å². The predicted molar refractivity (Wildman–Crippen MR) is 118 cm³/mol.